The van der Waals surface area contributed by atoms with Crippen LogP contribution in [0.25, 0.3) is 21.3 Å². The predicted molar refractivity (Wildman–Crippen MR) is 113 cm³/mol. The largest absolute Gasteiger partial charge is 0.365 e. The maximum atomic E-state index is 11.4. The highest BCUT2D eigenvalue weighted by Gasteiger charge is 2.14. The van der Waals surface area contributed by atoms with Crippen LogP contribution in [0, 0.1) is 6.92 Å². The molecule has 0 spiro atoms. The molecule has 0 bridgehead atoms. The van der Waals surface area contributed by atoms with E-state index in [2.05, 4.69) is 32.8 Å². The average molecular weight is 411 g/mol. The van der Waals surface area contributed by atoms with Crippen LogP contribution in [0.15, 0.2) is 64.9 Å². The predicted octanol–water partition coefficient (Wildman–Crippen LogP) is 3.93. The van der Waals surface area contributed by atoms with E-state index in [9.17, 15) is 8.42 Å². The number of benzene rings is 2. The summed E-state index contributed by atoms with van der Waals surface area (Å²) in [6, 6.07) is 16.6. The average Bonchev–Trinajstić information content (AvgIpc) is 3.10. The third kappa shape index (κ3) is 3.75. The van der Waals surface area contributed by atoms with Crippen LogP contribution in [0.4, 0.5) is 5.82 Å². The first-order chi connectivity index (χ1) is 13.4. The Morgan fingerprint density at radius 2 is 1.75 bits per heavy atom. The minimum absolute atomic E-state index is 0.0979. The van der Waals surface area contributed by atoms with Crippen molar-refractivity contribution in [2.45, 2.75) is 18.4 Å². The molecule has 3 N–H and O–H groups in total. The molecule has 2 aromatic heterocycles. The van der Waals surface area contributed by atoms with Crippen molar-refractivity contribution in [1.29, 1.82) is 0 Å². The molecule has 0 unspecified atom stereocenters. The molecule has 0 fully saturated rings. The SMILES string of the molecule is Cc1nc(NCc2ccc(S(N)(=O)=O)cc2)c2c(-c3ccccc3)csc2n1. The normalized spacial score (nSPS) is 11.6. The van der Waals surface area contributed by atoms with E-state index in [4.69, 9.17) is 5.14 Å². The summed E-state index contributed by atoms with van der Waals surface area (Å²) in [5.41, 5.74) is 3.13. The van der Waals surface area contributed by atoms with Crippen LogP contribution in [0.2, 0.25) is 0 Å². The molecule has 0 aliphatic rings. The van der Waals surface area contributed by atoms with Crippen molar-refractivity contribution in [1.82, 2.24) is 9.97 Å². The van der Waals surface area contributed by atoms with Crippen LogP contribution in [0.3, 0.4) is 0 Å². The Labute approximate surface area is 167 Å². The monoisotopic (exact) mass is 410 g/mol. The van der Waals surface area contributed by atoms with E-state index < -0.39 is 10.0 Å². The van der Waals surface area contributed by atoms with Crippen molar-refractivity contribution in [3.05, 3.63) is 71.4 Å². The summed E-state index contributed by atoms with van der Waals surface area (Å²) >= 11 is 1.59. The minimum atomic E-state index is -3.69. The molecule has 4 rings (SSSR count). The fraction of sp³-hybridized carbons (Fsp3) is 0.100. The fourth-order valence-corrected chi connectivity index (χ4v) is 4.50. The van der Waals surface area contributed by atoms with E-state index in [1.807, 2.05) is 25.1 Å². The van der Waals surface area contributed by atoms with Crippen molar-refractivity contribution < 1.29 is 8.42 Å². The van der Waals surface area contributed by atoms with Gasteiger partial charge in [-0.25, -0.2) is 23.5 Å². The van der Waals surface area contributed by atoms with Gasteiger partial charge in [-0.05, 0) is 30.2 Å². The zero-order valence-corrected chi connectivity index (χ0v) is 16.7. The third-order valence-electron chi connectivity index (χ3n) is 4.34. The standard InChI is InChI=1S/C20H18N4O2S2/c1-13-23-19(22-11-14-7-9-16(10-8-14)28(21,25)26)18-17(12-27-20(18)24-13)15-5-3-2-4-6-15/h2-10,12H,11H2,1H3,(H2,21,25,26)(H,22,23,24). The number of hydrogen-bond donors (Lipinski definition) is 2. The van der Waals surface area contributed by atoms with Gasteiger partial charge in [0, 0.05) is 17.5 Å². The molecular weight excluding hydrogens is 392 g/mol. The molecule has 28 heavy (non-hydrogen) atoms. The van der Waals surface area contributed by atoms with E-state index in [0.29, 0.717) is 12.4 Å². The van der Waals surface area contributed by atoms with Gasteiger partial charge in [0.25, 0.3) is 0 Å². The van der Waals surface area contributed by atoms with Gasteiger partial charge in [0.15, 0.2) is 0 Å². The lowest BCUT2D eigenvalue weighted by Crippen LogP contribution is -2.12. The molecule has 0 radical (unpaired) electrons. The van der Waals surface area contributed by atoms with Gasteiger partial charge in [0.05, 0.1) is 10.3 Å². The van der Waals surface area contributed by atoms with E-state index >= 15 is 0 Å². The third-order valence-corrected chi connectivity index (χ3v) is 6.14. The topological polar surface area (TPSA) is 98.0 Å². The lowest BCUT2D eigenvalue weighted by Gasteiger charge is -2.10. The molecule has 0 aliphatic carbocycles. The van der Waals surface area contributed by atoms with Crippen LogP contribution in [-0.4, -0.2) is 18.4 Å². The minimum Gasteiger partial charge on any atom is -0.365 e. The fourth-order valence-electron chi connectivity index (χ4n) is 2.99. The number of aromatic nitrogens is 2. The highest BCUT2D eigenvalue weighted by molar-refractivity contribution is 7.89. The van der Waals surface area contributed by atoms with E-state index in [1.165, 1.54) is 12.1 Å². The number of fused-ring (bicyclic) bond motifs is 1. The Hall–Kier alpha value is -2.81. The Bertz CT molecular complexity index is 1230. The first kappa shape index (κ1) is 18.5. The second-order valence-electron chi connectivity index (χ2n) is 6.36. The summed E-state index contributed by atoms with van der Waals surface area (Å²) in [4.78, 5) is 10.2. The van der Waals surface area contributed by atoms with Gasteiger partial charge in [0.2, 0.25) is 10.0 Å². The number of thiophene rings is 1. The number of aryl methyl sites for hydroxylation is 1. The Morgan fingerprint density at radius 1 is 1.04 bits per heavy atom. The molecule has 8 heteroatoms. The highest BCUT2D eigenvalue weighted by Crippen LogP contribution is 2.37. The summed E-state index contributed by atoms with van der Waals surface area (Å²) in [6.07, 6.45) is 0. The first-order valence-corrected chi connectivity index (χ1v) is 11.0. The van der Waals surface area contributed by atoms with E-state index in [-0.39, 0.29) is 4.90 Å². The van der Waals surface area contributed by atoms with Crippen LogP contribution in [0.1, 0.15) is 11.4 Å². The van der Waals surface area contributed by atoms with Gasteiger partial charge in [-0.1, -0.05) is 42.5 Å². The van der Waals surface area contributed by atoms with Crippen LogP contribution < -0.4 is 10.5 Å². The maximum Gasteiger partial charge on any atom is 0.238 e. The number of nitrogens with two attached hydrogens (primary N) is 1. The summed E-state index contributed by atoms with van der Waals surface area (Å²) in [7, 11) is -3.69. The molecular formula is C20H18N4O2S2. The molecule has 4 aromatic rings. The number of hydrogen-bond acceptors (Lipinski definition) is 6. The number of rotatable bonds is 5. The number of anilines is 1. The number of primary sulfonamides is 1. The molecule has 0 amide bonds. The molecule has 0 saturated heterocycles. The van der Waals surface area contributed by atoms with Crippen molar-refractivity contribution >= 4 is 37.4 Å². The highest BCUT2D eigenvalue weighted by atomic mass is 32.2. The number of nitrogens with zero attached hydrogens (tertiary/aromatic N) is 2. The molecule has 6 nitrogen and oxygen atoms in total. The molecule has 0 saturated carbocycles. The first-order valence-electron chi connectivity index (χ1n) is 8.59. The Balaban J connectivity index is 1.68. The van der Waals surface area contributed by atoms with E-state index in [1.54, 1.807) is 23.5 Å². The van der Waals surface area contributed by atoms with Crippen molar-refractivity contribution in [3.63, 3.8) is 0 Å². The van der Waals surface area contributed by atoms with Crippen LogP contribution >= 0.6 is 11.3 Å². The Kier molecular flexibility index (Phi) is 4.84. The number of sulfonamides is 1. The van der Waals surface area contributed by atoms with E-state index in [0.717, 1.165) is 32.7 Å². The van der Waals surface area contributed by atoms with Gasteiger partial charge < -0.3 is 5.32 Å². The van der Waals surface area contributed by atoms with Gasteiger partial charge in [-0.3, -0.25) is 0 Å². The zero-order chi connectivity index (χ0) is 19.7. The molecule has 0 atom stereocenters. The van der Waals surface area contributed by atoms with Gasteiger partial charge in [-0.15, -0.1) is 11.3 Å². The van der Waals surface area contributed by atoms with Gasteiger partial charge in [-0.2, -0.15) is 0 Å². The smallest absolute Gasteiger partial charge is 0.238 e. The maximum absolute atomic E-state index is 11.4. The Morgan fingerprint density at radius 3 is 2.43 bits per heavy atom. The molecule has 2 aromatic carbocycles. The number of nitrogens with one attached hydrogen (secondary N) is 1. The molecule has 0 aliphatic heterocycles. The summed E-state index contributed by atoms with van der Waals surface area (Å²) in [5.74, 6) is 1.46. The quantitative estimate of drug-likeness (QED) is 0.519. The van der Waals surface area contributed by atoms with Crippen molar-refractivity contribution in [2.24, 2.45) is 5.14 Å². The van der Waals surface area contributed by atoms with Crippen molar-refractivity contribution in [2.75, 3.05) is 5.32 Å². The van der Waals surface area contributed by atoms with Crippen LogP contribution in [-0.2, 0) is 16.6 Å². The second kappa shape index (κ2) is 7.31. The lowest BCUT2D eigenvalue weighted by atomic mass is 10.1. The lowest BCUT2D eigenvalue weighted by molar-refractivity contribution is 0.598. The summed E-state index contributed by atoms with van der Waals surface area (Å²) in [6.45, 7) is 2.37. The second-order valence-corrected chi connectivity index (χ2v) is 8.78. The van der Waals surface area contributed by atoms with Crippen LogP contribution in [0.5, 0.6) is 0 Å². The molecule has 2 heterocycles. The molecule has 142 valence electrons. The van der Waals surface area contributed by atoms with Crippen molar-refractivity contribution in [3.8, 4) is 11.1 Å². The summed E-state index contributed by atoms with van der Waals surface area (Å²) < 4.78 is 22.8. The van der Waals surface area contributed by atoms with Gasteiger partial charge >= 0.3 is 0 Å². The summed E-state index contributed by atoms with van der Waals surface area (Å²) in [5, 5.41) is 11.6. The zero-order valence-electron chi connectivity index (χ0n) is 15.1. The van der Waals surface area contributed by atoms with Gasteiger partial charge in [0.1, 0.15) is 16.5 Å².